The maximum atomic E-state index is 13.1. The molecule has 0 radical (unpaired) electrons. The largest absolute Gasteiger partial charge is 0.378 e. The lowest BCUT2D eigenvalue weighted by Crippen LogP contribution is -2.35. The maximum Gasteiger partial charge on any atom is 0.322 e. The zero-order chi connectivity index (χ0) is 24.2. The summed E-state index contributed by atoms with van der Waals surface area (Å²) in [6.45, 7) is 4.25. The number of amides is 2. The van der Waals surface area contributed by atoms with Crippen LogP contribution in [0.15, 0.2) is 72.9 Å². The molecule has 1 aromatic heterocycles. The summed E-state index contributed by atoms with van der Waals surface area (Å²) in [5.74, 6) is 0.918. The van der Waals surface area contributed by atoms with Gasteiger partial charge >= 0.3 is 6.03 Å². The Morgan fingerprint density at radius 2 is 1.71 bits per heavy atom. The Balaban J connectivity index is 1.51. The van der Waals surface area contributed by atoms with E-state index in [-0.39, 0.29) is 6.03 Å². The average Bonchev–Trinajstić information content (AvgIpc) is 2.83. The van der Waals surface area contributed by atoms with Gasteiger partial charge in [-0.05, 0) is 67.3 Å². The number of aromatic nitrogens is 1. The third-order valence-corrected chi connectivity index (χ3v) is 5.71. The molecule has 0 fully saturated rings. The van der Waals surface area contributed by atoms with Crippen LogP contribution < -0.4 is 15.5 Å². The van der Waals surface area contributed by atoms with Crippen LogP contribution in [-0.4, -0.2) is 43.1 Å². The summed E-state index contributed by atoms with van der Waals surface area (Å²) in [6.07, 6.45) is 6.05. The number of aryl methyl sites for hydroxylation is 1. The van der Waals surface area contributed by atoms with Gasteiger partial charge in [-0.15, -0.1) is 0 Å². The molecule has 2 N–H and O–H groups in total. The molecule has 2 aromatic carbocycles. The number of rotatable bonds is 12. The second-order valence-electron chi connectivity index (χ2n) is 8.84. The van der Waals surface area contributed by atoms with Gasteiger partial charge in [-0.1, -0.05) is 43.2 Å². The minimum Gasteiger partial charge on any atom is -0.378 e. The topological polar surface area (TPSA) is 60.5 Å². The number of pyridine rings is 1. The molecule has 3 aromatic rings. The molecule has 0 bridgehead atoms. The first-order chi connectivity index (χ1) is 16.5. The molecule has 0 aliphatic heterocycles. The highest BCUT2D eigenvalue weighted by Gasteiger charge is 2.14. The van der Waals surface area contributed by atoms with Crippen LogP contribution in [0, 0.1) is 6.92 Å². The normalized spacial score (nSPS) is 10.6. The minimum absolute atomic E-state index is 0.0564. The van der Waals surface area contributed by atoms with Crippen LogP contribution in [0.1, 0.15) is 36.8 Å². The Morgan fingerprint density at radius 1 is 0.912 bits per heavy atom. The number of urea groups is 1. The van der Waals surface area contributed by atoms with E-state index in [1.807, 2.05) is 68.4 Å². The summed E-state index contributed by atoms with van der Waals surface area (Å²) in [5, 5.41) is 6.42. The van der Waals surface area contributed by atoms with Crippen LogP contribution in [0.4, 0.5) is 22.0 Å². The molecule has 34 heavy (non-hydrogen) atoms. The van der Waals surface area contributed by atoms with Crippen molar-refractivity contribution in [3.63, 3.8) is 0 Å². The molecule has 0 aliphatic carbocycles. The first-order valence-electron chi connectivity index (χ1n) is 12.0. The van der Waals surface area contributed by atoms with Crippen molar-refractivity contribution < 1.29 is 4.79 Å². The van der Waals surface area contributed by atoms with Crippen molar-refractivity contribution in [3.05, 3.63) is 84.1 Å². The Kier molecular flexibility index (Phi) is 9.77. The number of hydrogen-bond acceptors (Lipinski definition) is 4. The van der Waals surface area contributed by atoms with Crippen molar-refractivity contribution in [1.29, 1.82) is 0 Å². The molecular weight excluding hydrogens is 422 g/mol. The van der Waals surface area contributed by atoms with Gasteiger partial charge in [0, 0.05) is 51.3 Å². The van der Waals surface area contributed by atoms with E-state index < -0.39 is 0 Å². The molecular formula is C28H37N5O. The van der Waals surface area contributed by atoms with Crippen LogP contribution >= 0.6 is 0 Å². The summed E-state index contributed by atoms with van der Waals surface area (Å²) >= 11 is 0. The highest BCUT2D eigenvalue weighted by Crippen LogP contribution is 2.16. The van der Waals surface area contributed by atoms with Crippen LogP contribution in [0.2, 0.25) is 0 Å². The van der Waals surface area contributed by atoms with Gasteiger partial charge in [-0.3, -0.25) is 0 Å². The monoisotopic (exact) mass is 459 g/mol. The summed E-state index contributed by atoms with van der Waals surface area (Å²) in [5.41, 5.74) is 4.24. The lowest BCUT2D eigenvalue weighted by Gasteiger charge is -2.24. The quantitative estimate of drug-likeness (QED) is 0.318. The second-order valence-corrected chi connectivity index (χ2v) is 8.84. The fourth-order valence-electron chi connectivity index (χ4n) is 3.76. The zero-order valence-corrected chi connectivity index (χ0v) is 20.6. The van der Waals surface area contributed by atoms with Crippen LogP contribution in [-0.2, 0) is 6.54 Å². The van der Waals surface area contributed by atoms with Gasteiger partial charge in [0.1, 0.15) is 5.82 Å². The molecule has 6 nitrogen and oxygen atoms in total. The minimum atomic E-state index is -0.0564. The van der Waals surface area contributed by atoms with E-state index in [2.05, 4.69) is 44.8 Å². The average molecular weight is 460 g/mol. The van der Waals surface area contributed by atoms with E-state index in [1.165, 1.54) is 0 Å². The van der Waals surface area contributed by atoms with E-state index in [4.69, 9.17) is 0 Å². The fraction of sp³-hybridized carbons (Fsp3) is 0.357. The predicted molar refractivity (Wildman–Crippen MR) is 143 cm³/mol. The fourth-order valence-corrected chi connectivity index (χ4v) is 3.76. The number of benzene rings is 2. The number of nitrogens with one attached hydrogen (secondary N) is 2. The maximum absolute atomic E-state index is 13.1. The molecule has 180 valence electrons. The smallest absolute Gasteiger partial charge is 0.322 e. The highest BCUT2D eigenvalue weighted by molar-refractivity contribution is 5.89. The first-order valence-corrected chi connectivity index (χ1v) is 12.0. The molecule has 0 spiro atoms. The first kappa shape index (κ1) is 25.1. The van der Waals surface area contributed by atoms with Gasteiger partial charge in [0.15, 0.2) is 0 Å². The van der Waals surface area contributed by atoms with Gasteiger partial charge in [-0.2, -0.15) is 0 Å². The molecule has 0 atom stereocenters. The van der Waals surface area contributed by atoms with Crippen LogP contribution in [0.3, 0.4) is 0 Å². The van der Waals surface area contributed by atoms with Crippen LogP contribution in [0.5, 0.6) is 0 Å². The number of carbonyl (C=O) groups excluding carboxylic acids is 1. The van der Waals surface area contributed by atoms with E-state index in [9.17, 15) is 4.79 Å². The van der Waals surface area contributed by atoms with Gasteiger partial charge in [0.25, 0.3) is 0 Å². The summed E-state index contributed by atoms with van der Waals surface area (Å²) < 4.78 is 0. The number of nitrogens with zero attached hydrogens (tertiary/aromatic N) is 3. The van der Waals surface area contributed by atoms with Crippen molar-refractivity contribution in [2.45, 2.75) is 39.2 Å². The van der Waals surface area contributed by atoms with E-state index in [0.29, 0.717) is 6.54 Å². The zero-order valence-electron chi connectivity index (χ0n) is 20.6. The van der Waals surface area contributed by atoms with E-state index >= 15 is 0 Å². The Hall–Kier alpha value is -3.54. The molecule has 3 rings (SSSR count). The predicted octanol–water partition coefficient (Wildman–Crippen LogP) is 6.16. The van der Waals surface area contributed by atoms with Crippen molar-refractivity contribution in [2.75, 3.05) is 42.7 Å². The Labute approximate surface area is 204 Å². The highest BCUT2D eigenvalue weighted by atomic mass is 16.2. The van der Waals surface area contributed by atoms with Gasteiger partial charge in [0.2, 0.25) is 0 Å². The van der Waals surface area contributed by atoms with Gasteiger partial charge < -0.3 is 20.4 Å². The van der Waals surface area contributed by atoms with Crippen molar-refractivity contribution in [3.8, 4) is 0 Å². The number of hydrogen-bond donors (Lipinski definition) is 2. The van der Waals surface area contributed by atoms with E-state index in [0.717, 1.165) is 67.1 Å². The SMILES string of the molecule is Cc1cccc(NC(=O)N(CCCCCCNc2ccccn2)Cc2ccc(N(C)C)cc2)c1. The molecule has 0 saturated carbocycles. The second kappa shape index (κ2) is 13.2. The molecule has 0 saturated heterocycles. The van der Waals surface area contributed by atoms with Gasteiger partial charge in [-0.25, -0.2) is 9.78 Å². The standard InChI is InChI=1S/C28H37N5O/c1-23-11-10-12-25(21-23)31-28(34)33(22-24-14-16-26(17-15-24)32(2)3)20-9-5-4-7-18-29-27-13-6-8-19-30-27/h6,8,10-17,19,21H,4-5,7,9,18,20,22H2,1-3H3,(H,29,30)(H,31,34). The lowest BCUT2D eigenvalue weighted by molar-refractivity contribution is 0.207. The van der Waals surface area contributed by atoms with Crippen molar-refractivity contribution >= 4 is 23.2 Å². The summed E-state index contributed by atoms with van der Waals surface area (Å²) in [4.78, 5) is 21.4. The van der Waals surface area contributed by atoms with Crippen molar-refractivity contribution in [1.82, 2.24) is 9.88 Å². The number of unbranched alkanes of at least 4 members (excludes halogenated alkanes) is 3. The van der Waals surface area contributed by atoms with Crippen LogP contribution in [0.25, 0.3) is 0 Å². The number of carbonyl (C=O) groups is 1. The molecule has 0 aliphatic rings. The molecule has 2 amide bonds. The third-order valence-electron chi connectivity index (χ3n) is 5.71. The third kappa shape index (κ3) is 8.43. The number of anilines is 3. The molecule has 1 heterocycles. The lowest BCUT2D eigenvalue weighted by atomic mass is 10.1. The Bertz CT molecular complexity index is 1000. The van der Waals surface area contributed by atoms with Crippen molar-refractivity contribution in [2.24, 2.45) is 0 Å². The summed E-state index contributed by atoms with van der Waals surface area (Å²) in [7, 11) is 4.06. The Morgan fingerprint density at radius 3 is 2.41 bits per heavy atom. The molecule has 6 heteroatoms. The van der Waals surface area contributed by atoms with Gasteiger partial charge in [0.05, 0.1) is 0 Å². The van der Waals surface area contributed by atoms with E-state index in [1.54, 1.807) is 6.20 Å². The molecule has 0 unspecified atom stereocenters. The summed E-state index contributed by atoms with van der Waals surface area (Å²) in [6, 6.07) is 22.2.